The van der Waals surface area contributed by atoms with E-state index >= 15 is 0 Å². The lowest BCUT2D eigenvalue weighted by molar-refractivity contribution is -0.124. The highest BCUT2D eigenvalue weighted by Gasteiger charge is 2.16. The summed E-state index contributed by atoms with van der Waals surface area (Å²) < 4.78 is 6.23. The van der Waals surface area contributed by atoms with Crippen molar-refractivity contribution in [1.82, 2.24) is 5.32 Å². The largest absolute Gasteiger partial charge is 0.482 e. The maximum absolute atomic E-state index is 11.8. The second kappa shape index (κ2) is 8.49. The molecule has 1 rings (SSSR count). The fraction of sp³-hybridized carbons (Fsp3) is 0.500. The number of hydrogen-bond acceptors (Lipinski definition) is 3. The topological polar surface area (TPSA) is 58.6 Å². The van der Waals surface area contributed by atoms with E-state index in [-0.39, 0.29) is 31.1 Å². The maximum Gasteiger partial charge on any atom is 0.258 e. The summed E-state index contributed by atoms with van der Waals surface area (Å²) in [7, 11) is 0. The summed E-state index contributed by atoms with van der Waals surface area (Å²) in [6.45, 7) is 3.93. The smallest absolute Gasteiger partial charge is 0.258 e. The third-order valence-corrected chi connectivity index (χ3v) is 3.63. The van der Waals surface area contributed by atoms with Gasteiger partial charge in [-0.15, -0.1) is 0 Å². The van der Waals surface area contributed by atoms with E-state index in [4.69, 9.17) is 21.4 Å². The molecule has 112 valence electrons. The van der Waals surface area contributed by atoms with Crippen LogP contribution in [0.5, 0.6) is 5.75 Å². The van der Waals surface area contributed by atoms with Gasteiger partial charge in [-0.1, -0.05) is 41.4 Å². The lowest BCUT2D eigenvalue weighted by Crippen LogP contribution is -2.41. The molecule has 0 bridgehead atoms. The molecule has 1 atom stereocenters. The number of carbonyl (C=O) groups is 1. The average Bonchev–Trinajstić information content (AvgIpc) is 2.37. The van der Waals surface area contributed by atoms with Gasteiger partial charge < -0.3 is 15.2 Å². The number of hydrogen-bond donors (Lipinski definition) is 2. The van der Waals surface area contributed by atoms with Gasteiger partial charge in [0.05, 0.1) is 5.02 Å². The highest BCUT2D eigenvalue weighted by molar-refractivity contribution is 9.10. The van der Waals surface area contributed by atoms with Crippen LogP contribution in [0.25, 0.3) is 0 Å². The fourth-order valence-electron chi connectivity index (χ4n) is 1.70. The molecule has 0 aliphatic rings. The van der Waals surface area contributed by atoms with Crippen molar-refractivity contribution in [1.29, 1.82) is 0 Å². The van der Waals surface area contributed by atoms with Crippen molar-refractivity contribution in [3.63, 3.8) is 0 Å². The van der Waals surface area contributed by atoms with Crippen LogP contribution in [0.15, 0.2) is 22.7 Å². The normalized spacial score (nSPS) is 12.3. The van der Waals surface area contributed by atoms with Gasteiger partial charge >= 0.3 is 0 Å². The summed E-state index contributed by atoms with van der Waals surface area (Å²) in [6, 6.07) is 5.14. The quantitative estimate of drug-likeness (QED) is 0.782. The molecule has 0 saturated carbocycles. The number of aliphatic hydroxyl groups excluding tert-OH is 1. The minimum atomic E-state index is -0.226. The van der Waals surface area contributed by atoms with E-state index in [1.54, 1.807) is 18.2 Å². The van der Waals surface area contributed by atoms with Gasteiger partial charge in [0.25, 0.3) is 5.91 Å². The zero-order valence-corrected chi connectivity index (χ0v) is 13.9. The molecule has 1 aromatic rings. The van der Waals surface area contributed by atoms with E-state index in [0.29, 0.717) is 17.2 Å². The van der Waals surface area contributed by atoms with E-state index in [9.17, 15) is 4.79 Å². The van der Waals surface area contributed by atoms with Crippen LogP contribution < -0.4 is 10.1 Å². The summed E-state index contributed by atoms with van der Waals surface area (Å²) in [6.07, 6.45) is 0.530. The molecule has 0 heterocycles. The molecule has 0 radical (unpaired) electrons. The van der Waals surface area contributed by atoms with Gasteiger partial charge in [-0.05, 0) is 30.5 Å². The molecule has 1 unspecified atom stereocenters. The molecule has 0 spiro atoms. The highest BCUT2D eigenvalue weighted by atomic mass is 79.9. The number of rotatable bonds is 7. The Kier molecular flexibility index (Phi) is 7.34. The first-order chi connectivity index (χ1) is 9.43. The standard InChI is InChI=1S/C14H19BrClNO3/c1-9(2)12(5-6-18)17-14(19)8-20-13-4-3-10(15)7-11(13)16/h3-4,7,9,12,18H,5-6,8H2,1-2H3,(H,17,19). The molecule has 0 aliphatic heterocycles. The van der Waals surface area contributed by atoms with Gasteiger partial charge in [0, 0.05) is 17.1 Å². The number of amides is 1. The number of halogens is 2. The molecule has 6 heteroatoms. The Balaban J connectivity index is 2.50. The van der Waals surface area contributed by atoms with Gasteiger partial charge in [-0.2, -0.15) is 0 Å². The van der Waals surface area contributed by atoms with E-state index < -0.39 is 0 Å². The zero-order valence-electron chi connectivity index (χ0n) is 11.5. The van der Waals surface area contributed by atoms with Crippen molar-refractivity contribution in [2.45, 2.75) is 26.3 Å². The Morgan fingerprint density at radius 1 is 1.50 bits per heavy atom. The highest BCUT2D eigenvalue weighted by Crippen LogP contribution is 2.27. The third-order valence-electron chi connectivity index (χ3n) is 2.84. The first-order valence-electron chi connectivity index (χ1n) is 6.42. The van der Waals surface area contributed by atoms with Crippen molar-refractivity contribution in [3.8, 4) is 5.75 Å². The molecule has 0 aromatic heterocycles. The molecule has 2 N–H and O–H groups in total. The van der Waals surface area contributed by atoms with Gasteiger partial charge in [0.1, 0.15) is 5.75 Å². The fourth-order valence-corrected chi connectivity index (χ4v) is 2.42. The van der Waals surface area contributed by atoms with Gasteiger partial charge in [-0.25, -0.2) is 0 Å². The van der Waals surface area contributed by atoms with Crippen molar-refractivity contribution < 1.29 is 14.6 Å². The second-order valence-corrected chi connectivity index (χ2v) is 6.12. The van der Waals surface area contributed by atoms with Gasteiger partial charge in [0.2, 0.25) is 0 Å². The van der Waals surface area contributed by atoms with Crippen molar-refractivity contribution in [3.05, 3.63) is 27.7 Å². The molecule has 0 saturated heterocycles. The minimum Gasteiger partial charge on any atom is -0.482 e. The summed E-state index contributed by atoms with van der Waals surface area (Å²) in [4.78, 5) is 11.8. The molecular formula is C14H19BrClNO3. The number of aliphatic hydroxyl groups is 1. The average molecular weight is 365 g/mol. The Morgan fingerprint density at radius 3 is 2.75 bits per heavy atom. The first-order valence-corrected chi connectivity index (χ1v) is 7.59. The number of ether oxygens (including phenoxy) is 1. The van der Waals surface area contributed by atoms with Crippen LogP contribution in [0.4, 0.5) is 0 Å². The SMILES string of the molecule is CC(C)C(CCO)NC(=O)COc1ccc(Br)cc1Cl. The Morgan fingerprint density at radius 2 is 2.20 bits per heavy atom. The van der Waals surface area contributed by atoms with Crippen LogP contribution >= 0.6 is 27.5 Å². The van der Waals surface area contributed by atoms with Crippen molar-refractivity contribution >= 4 is 33.4 Å². The predicted octanol–water partition coefficient (Wildman–Crippen LogP) is 3.00. The minimum absolute atomic E-state index is 0.0442. The summed E-state index contributed by atoms with van der Waals surface area (Å²) >= 11 is 9.30. The van der Waals surface area contributed by atoms with Crippen LogP contribution in [-0.4, -0.2) is 30.3 Å². The Hall–Kier alpha value is -0.780. The van der Waals surface area contributed by atoms with E-state index in [1.807, 2.05) is 13.8 Å². The lowest BCUT2D eigenvalue weighted by atomic mass is 10.0. The molecule has 20 heavy (non-hydrogen) atoms. The first kappa shape index (κ1) is 17.3. The molecule has 1 aromatic carbocycles. The molecule has 0 aliphatic carbocycles. The molecule has 1 amide bonds. The second-order valence-electron chi connectivity index (χ2n) is 4.79. The summed E-state index contributed by atoms with van der Waals surface area (Å²) in [5, 5.41) is 12.3. The number of benzene rings is 1. The van der Waals surface area contributed by atoms with E-state index in [2.05, 4.69) is 21.2 Å². The van der Waals surface area contributed by atoms with Crippen LogP contribution in [0.2, 0.25) is 5.02 Å². The summed E-state index contributed by atoms with van der Waals surface area (Å²) in [5.41, 5.74) is 0. The maximum atomic E-state index is 11.8. The Labute approximate surface area is 132 Å². The molecular weight excluding hydrogens is 346 g/mol. The van der Waals surface area contributed by atoms with E-state index in [0.717, 1.165) is 4.47 Å². The Bertz CT molecular complexity index is 454. The number of carbonyl (C=O) groups excluding carboxylic acids is 1. The van der Waals surface area contributed by atoms with Gasteiger partial charge in [0.15, 0.2) is 6.61 Å². The van der Waals surface area contributed by atoms with Crippen molar-refractivity contribution in [2.24, 2.45) is 5.92 Å². The lowest BCUT2D eigenvalue weighted by Gasteiger charge is -2.21. The van der Waals surface area contributed by atoms with Crippen LogP contribution in [0.3, 0.4) is 0 Å². The van der Waals surface area contributed by atoms with E-state index in [1.165, 1.54) is 0 Å². The van der Waals surface area contributed by atoms with Crippen molar-refractivity contribution in [2.75, 3.05) is 13.2 Å². The van der Waals surface area contributed by atoms with Crippen LogP contribution in [-0.2, 0) is 4.79 Å². The monoisotopic (exact) mass is 363 g/mol. The van der Waals surface area contributed by atoms with Crippen LogP contribution in [0.1, 0.15) is 20.3 Å². The van der Waals surface area contributed by atoms with Crippen LogP contribution in [0, 0.1) is 5.92 Å². The number of nitrogens with one attached hydrogen (secondary N) is 1. The molecule has 0 fully saturated rings. The predicted molar refractivity (Wildman–Crippen MR) is 83.1 cm³/mol. The third kappa shape index (κ3) is 5.69. The summed E-state index contributed by atoms with van der Waals surface area (Å²) in [5.74, 6) is 0.492. The molecule has 4 nitrogen and oxygen atoms in total. The van der Waals surface area contributed by atoms with Gasteiger partial charge in [-0.3, -0.25) is 4.79 Å². The zero-order chi connectivity index (χ0) is 15.1.